The molecule has 1 atom stereocenters. The molecule has 0 amide bonds. The number of para-hydroxylation sites is 1. The van der Waals surface area contributed by atoms with E-state index in [1.807, 2.05) is 6.92 Å². The Morgan fingerprint density at radius 1 is 1.37 bits per heavy atom. The maximum atomic E-state index is 12.2. The molecular formula is C13H20N2O3S. The zero-order chi connectivity index (χ0) is 13.9. The molecule has 1 aromatic carbocycles. The molecule has 0 aliphatic heterocycles. The van der Waals surface area contributed by atoms with Gasteiger partial charge in [0.15, 0.2) is 0 Å². The van der Waals surface area contributed by atoms with Crippen molar-refractivity contribution in [3.63, 3.8) is 0 Å². The van der Waals surface area contributed by atoms with Gasteiger partial charge < -0.3 is 10.4 Å². The topological polar surface area (TPSA) is 78.4 Å². The molecule has 2 rings (SSSR count). The van der Waals surface area contributed by atoms with Gasteiger partial charge >= 0.3 is 0 Å². The summed E-state index contributed by atoms with van der Waals surface area (Å²) in [5, 5.41) is 12.0. The molecule has 106 valence electrons. The van der Waals surface area contributed by atoms with Crippen molar-refractivity contribution in [2.24, 2.45) is 0 Å². The van der Waals surface area contributed by atoms with Crippen molar-refractivity contribution in [3.05, 3.63) is 24.3 Å². The van der Waals surface area contributed by atoms with Crippen LogP contribution in [0.15, 0.2) is 29.2 Å². The first-order valence-electron chi connectivity index (χ1n) is 6.51. The third-order valence-corrected chi connectivity index (χ3v) is 4.62. The Morgan fingerprint density at radius 3 is 2.68 bits per heavy atom. The van der Waals surface area contributed by atoms with Crippen molar-refractivity contribution in [1.29, 1.82) is 0 Å². The number of nitrogens with one attached hydrogen (secondary N) is 2. The van der Waals surface area contributed by atoms with Gasteiger partial charge in [-0.05, 0) is 38.3 Å². The molecule has 1 fully saturated rings. The van der Waals surface area contributed by atoms with Crippen LogP contribution in [-0.4, -0.2) is 32.2 Å². The molecule has 1 aromatic rings. The van der Waals surface area contributed by atoms with E-state index in [4.69, 9.17) is 5.11 Å². The lowest BCUT2D eigenvalue weighted by Crippen LogP contribution is -2.27. The summed E-state index contributed by atoms with van der Waals surface area (Å²) < 4.78 is 27.2. The summed E-state index contributed by atoms with van der Waals surface area (Å²) in [4.78, 5) is 0.270. The molecule has 19 heavy (non-hydrogen) atoms. The number of anilines is 1. The van der Waals surface area contributed by atoms with Crippen LogP contribution in [0.1, 0.15) is 26.2 Å². The lowest BCUT2D eigenvalue weighted by atomic mass is 10.2. The smallest absolute Gasteiger partial charge is 0.242 e. The lowest BCUT2D eigenvalue weighted by Gasteiger charge is -2.17. The fourth-order valence-corrected chi connectivity index (χ4v) is 3.31. The van der Waals surface area contributed by atoms with Gasteiger partial charge in [0.25, 0.3) is 0 Å². The lowest BCUT2D eigenvalue weighted by molar-refractivity contribution is 0.282. The van der Waals surface area contributed by atoms with E-state index >= 15 is 0 Å². The van der Waals surface area contributed by atoms with Crippen LogP contribution < -0.4 is 10.0 Å². The van der Waals surface area contributed by atoms with Crippen LogP contribution in [-0.2, 0) is 10.0 Å². The summed E-state index contributed by atoms with van der Waals surface area (Å²) in [7, 11) is -3.46. The largest absolute Gasteiger partial charge is 0.396 e. The highest BCUT2D eigenvalue weighted by Crippen LogP contribution is 2.26. The van der Waals surface area contributed by atoms with Crippen LogP contribution in [0.4, 0.5) is 5.69 Å². The number of aliphatic hydroxyl groups excluding tert-OH is 1. The number of sulfonamides is 1. The molecule has 0 saturated heterocycles. The third kappa shape index (κ3) is 3.92. The van der Waals surface area contributed by atoms with Crippen molar-refractivity contribution in [3.8, 4) is 0 Å². The average molecular weight is 284 g/mol. The monoisotopic (exact) mass is 284 g/mol. The van der Waals surface area contributed by atoms with Gasteiger partial charge in [-0.3, -0.25) is 0 Å². The summed E-state index contributed by atoms with van der Waals surface area (Å²) >= 11 is 0. The Kier molecular flexibility index (Phi) is 4.44. The van der Waals surface area contributed by atoms with Gasteiger partial charge in [0, 0.05) is 18.7 Å². The Labute approximate surface area is 114 Å². The minimum atomic E-state index is -3.46. The van der Waals surface area contributed by atoms with Crippen molar-refractivity contribution < 1.29 is 13.5 Å². The standard InChI is InChI=1S/C13H20N2O3S/c1-10(8-9-16)14-12-4-2-3-5-13(12)19(17,18)15-11-6-7-11/h2-5,10-11,14-16H,6-9H2,1H3. The van der Waals surface area contributed by atoms with Crippen molar-refractivity contribution in [2.75, 3.05) is 11.9 Å². The second kappa shape index (κ2) is 5.90. The second-order valence-electron chi connectivity index (χ2n) is 4.95. The third-order valence-electron chi connectivity index (χ3n) is 3.04. The van der Waals surface area contributed by atoms with Crippen LogP contribution >= 0.6 is 0 Å². The second-order valence-corrected chi connectivity index (χ2v) is 6.63. The van der Waals surface area contributed by atoms with E-state index in [9.17, 15) is 8.42 Å². The summed E-state index contributed by atoms with van der Waals surface area (Å²) in [5.74, 6) is 0. The van der Waals surface area contributed by atoms with Crippen LogP contribution in [0.3, 0.4) is 0 Å². The van der Waals surface area contributed by atoms with Crippen LogP contribution in [0.2, 0.25) is 0 Å². The maximum Gasteiger partial charge on any atom is 0.242 e. The fourth-order valence-electron chi connectivity index (χ4n) is 1.84. The number of aliphatic hydroxyl groups is 1. The molecule has 1 saturated carbocycles. The van der Waals surface area contributed by atoms with Gasteiger partial charge in [-0.25, -0.2) is 13.1 Å². The fraction of sp³-hybridized carbons (Fsp3) is 0.538. The van der Waals surface area contributed by atoms with Crippen molar-refractivity contribution >= 4 is 15.7 Å². The minimum Gasteiger partial charge on any atom is -0.396 e. The predicted molar refractivity (Wildman–Crippen MR) is 74.6 cm³/mol. The number of benzene rings is 1. The first-order chi connectivity index (χ1) is 9.03. The Morgan fingerprint density at radius 2 is 2.05 bits per heavy atom. The molecule has 6 heteroatoms. The Balaban J connectivity index is 2.19. The summed E-state index contributed by atoms with van der Waals surface area (Å²) in [5.41, 5.74) is 0.580. The number of rotatable bonds is 7. The van der Waals surface area contributed by atoms with Crippen LogP contribution in [0.5, 0.6) is 0 Å². The molecule has 3 N–H and O–H groups in total. The Bertz CT molecular complexity index is 526. The molecule has 0 bridgehead atoms. The van der Waals surface area contributed by atoms with E-state index < -0.39 is 10.0 Å². The van der Waals surface area contributed by atoms with E-state index in [2.05, 4.69) is 10.0 Å². The normalized spacial score (nSPS) is 17.2. The maximum absolute atomic E-state index is 12.2. The highest BCUT2D eigenvalue weighted by molar-refractivity contribution is 7.89. The molecule has 0 aromatic heterocycles. The predicted octanol–water partition coefficient (Wildman–Crippen LogP) is 1.31. The zero-order valence-electron chi connectivity index (χ0n) is 11.0. The van der Waals surface area contributed by atoms with E-state index in [1.165, 1.54) is 0 Å². The van der Waals surface area contributed by atoms with Gasteiger partial charge in [0.1, 0.15) is 4.90 Å². The summed E-state index contributed by atoms with van der Waals surface area (Å²) in [6, 6.07) is 6.96. The summed E-state index contributed by atoms with van der Waals surface area (Å²) in [6.07, 6.45) is 2.40. The van der Waals surface area contributed by atoms with Crippen molar-refractivity contribution in [1.82, 2.24) is 4.72 Å². The quantitative estimate of drug-likeness (QED) is 0.705. The van der Waals surface area contributed by atoms with E-state index in [0.717, 1.165) is 12.8 Å². The van der Waals surface area contributed by atoms with E-state index in [0.29, 0.717) is 12.1 Å². The molecule has 0 radical (unpaired) electrons. The molecule has 0 spiro atoms. The SMILES string of the molecule is CC(CCO)Nc1ccccc1S(=O)(=O)NC1CC1. The van der Waals surface area contributed by atoms with Crippen LogP contribution in [0, 0.1) is 0 Å². The van der Waals surface area contributed by atoms with Gasteiger partial charge in [-0.1, -0.05) is 12.1 Å². The van der Waals surface area contributed by atoms with Crippen LogP contribution in [0.25, 0.3) is 0 Å². The molecule has 0 heterocycles. The molecule has 1 aliphatic carbocycles. The van der Waals surface area contributed by atoms with Crippen molar-refractivity contribution in [2.45, 2.75) is 43.2 Å². The van der Waals surface area contributed by atoms with E-state index in [-0.39, 0.29) is 23.6 Å². The van der Waals surface area contributed by atoms with Gasteiger partial charge in [-0.15, -0.1) is 0 Å². The highest BCUT2D eigenvalue weighted by Gasteiger charge is 2.29. The molecular weight excluding hydrogens is 264 g/mol. The first-order valence-corrected chi connectivity index (χ1v) is 8.00. The number of hydrogen-bond donors (Lipinski definition) is 3. The van der Waals surface area contributed by atoms with Gasteiger partial charge in [-0.2, -0.15) is 0 Å². The summed E-state index contributed by atoms with van der Waals surface area (Å²) in [6.45, 7) is 1.98. The number of hydrogen-bond acceptors (Lipinski definition) is 4. The molecule has 1 unspecified atom stereocenters. The van der Waals surface area contributed by atoms with E-state index in [1.54, 1.807) is 24.3 Å². The average Bonchev–Trinajstić information content (AvgIpc) is 3.13. The molecule has 5 nitrogen and oxygen atoms in total. The highest BCUT2D eigenvalue weighted by atomic mass is 32.2. The minimum absolute atomic E-state index is 0.0160. The van der Waals surface area contributed by atoms with Gasteiger partial charge in [0.2, 0.25) is 10.0 Å². The molecule has 1 aliphatic rings. The Hall–Kier alpha value is -1.11. The first kappa shape index (κ1) is 14.3. The zero-order valence-corrected chi connectivity index (χ0v) is 11.8. The van der Waals surface area contributed by atoms with Gasteiger partial charge in [0.05, 0.1) is 5.69 Å².